The van der Waals surface area contributed by atoms with Crippen LogP contribution in [-0.2, 0) is 14.2 Å². The Labute approximate surface area is 150 Å². The van der Waals surface area contributed by atoms with Gasteiger partial charge in [-0.25, -0.2) is 0 Å². The van der Waals surface area contributed by atoms with Crippen molar-refractivity contribution in [2.45, 2.75) is 97.0 Å². The van der Waals surface area contributed by atoms with Crippen molar-refractivity contribution in [2.24, 2.45) is 0 Å². The minimum Gasteiger partial charge on any atom is -0.382 e. The number of hydrogen-bond acceptors (Lipinski definition) is 3. The lowest BCUT2D eigenvalue weighted by Gasteiger charge is -2.17. The third-order valence-electron chi connectivity index (χ3n) is 4.07. The fourth-order valence-electron chi connectivity index (χ4n) is 2.48. The summed E-state index contributed by atoms with van der Waals surface area (Å²) in [6.45, 7) is 6.04. The molecule has 0 aromatic carbocycles. The first-order valence-electron chi connectivity index (χ1n) is 9.99. The van der Waals surface area contributed by atoms with E-state index in [-0.39, 0.29) is 6.10 Å². The Bertz CT molecular complexity index is 293. The first-order valence-corrected chi connectivity index (χ1v) is 9.99. The van der Waals surface area contributed by atoms with Crippen molar-refractivity contribution in [3.8, 4) is 11.8 Å². The van der Waals surface area contributed by atoms with Crippen LogP contribution < -0.4 is 0 Å². The third kappa shape index (κ3) is 17.8. The summed E-state index contributed by atoms with van der Waals surface area (Å²) in [6, 6.07) is 0. The average Bonchev–Trinajstić information content (AvgIpc) is 2.60. The second kappa shape index (κ2) is 20.5. The van der Waals surface area contributed by atoms with E-state index in [2.05, 4.69) is 25.7 Å². The zero-order valence-electron chi connectivity index (χ0n) is 16.4. The number of rotatable bonds is 17. The second-order valence-electron chi connectivity index (χ2n) is 6.36. The molecule has 0 radical (unpaired) electrons. The quantitative estimate of drug-likeness (QED) is 0.193. The van der Waals surface area contributed by atoms with Crippen LogP contribution in [0.2, 0.25) is 0 Å². The molecule has 0 aliphatic rings. The molecule has 0 saturated heterocycles. The van der Waals surface area contributed by atoms with Gasteiger partial charge in [-0.05, 0) is 19.3 Å². The summed E-state index contributed by atoms with van der Waals surface area (Å²) in [6.07, 6.45) is 14.7. The monoisotopic (exact) mass is 340 g/mol. The molecule has 3 heteroatoms. The smallest absolute Gasteiger partial charge is 0.147 e. The molecule has 24 heavy (non-hydrogen) atoms. The molecule has 0 rings (SSSR count). The maximum Gasteiger partial charge on any atom is 0.147 e. The SMILES string of the molecule is CCCCC#CCC[C@H](CCCCCCCC)OCOCCOC. The van der Waals surface area contributed by atoms with E-state index in [9.17, 15) is 0 Å². The van der Waals surface area contributed by atoms with Crippen LogP contribution in [0.15, 0.2) is 0 Å². The summed E-state index contributed by atoms with van der Waals surface area (Å²) in [5.74, 6) is 6.55. The zero-order chi connectivity index (χ0) is 17.7. The molecule has 0 N–H and O–H groups in total. The molecule has 0 aliphatic carbocycles. The van der Waals surface area contributed by atoms with E-state index in [1.807, 2.05) is 0 Å². The van der Waals surface area contributed by atoms with Crippen molar-refractivity contribution >= 4 is 0 Å². The Hall–Kier alpha value is -0.560. The Kier molecular flexibility index (Phi) is 20.0. The van der Waals surface area contributed by atoms with E-state index in [1.165, 1.54) is 51.4 Å². The fraction of sp³-hybridized carbons (Fsp3) is 0.905. The first-order chi connectivity index (χ1) is 11.8. The van der Waals surface area contributed by atoms with Gasteiger partial charge in [-0.3, -0.25) is 0 Å². The van der Waals surface area contributed by atoms with Crippen LogP contribution in [0, 0.1) is 11.8 Å². The molecule has 0 unspecified atom stereocenters. The third-order valence-corrected chi connectivity index (χ3v) is 4.07. The lowest BCUT2D eigenvalue weighted by atomic mass is 10.0. The van der Waals surface area contributed by atoms with E-state index in [4.69, 9.17) is 14.2 Å². The van der Waals surface area contributed by atoms with E-state index < -0.39 is 0 Å². The zero-order valence-corrected chi connectivity index (χ0v) is 16.4. The number of ether oxygens (including phenoxy) is 3. The van der Waals surface area contributed by atoms with Gasteiger partial charge in [-0.2, -0.15) is 0 Å². The molecular weight excluding hydrogens is 300 g/mol. The molecule has 0 bridgehead atoms. The highest BCUT2D eigenvalue weighted by molar-refractivity contribution is 4.98. The number of hydrogen-bond donors (Lipinski definition) is 0. The van der Waals surface area contributed by atoms with Crippen molar-refractivity contribution in [3.05, 3.63) is 0 Å². The van der Waals surface area contributed by atoms with E-state index in [0.717, 1.165) is 25.7 Å². The molecule has 0 saturated carbocycles. The summed E-state index contributed by atoms with van der Waals surface area (Å²) in [5.41, 5.74) is 0. The summed E-state index contributed by atoms with van der Waals surface area (Å²) < 4.78 is 16.3. The summed E-state index contributed by atoms with van der Waals surface area (Å²) in [5, 5.41) is 0. The van der Waals surface area contributed by atoms with Gasteiger partial charge >= 0.3 is 0 Å². The summed E-state index contributed by atoms with van der Waals surface area (Å²) in [7, 11) is 1.68. The van der Waals surface area contributed by atoms with Crippen LogP contribution in [0.4, 0.5) is 0 Å². The minimum atomic E-state index is 0.277. The topological polar surface area (TPSA) is 27.7 Å². The molecular formula is C21H40O3. The van der Waals surface area contributed by atoms with Gasteiger partial charge in [-0.15, -0.1) is 11.8 Å². The van der Waals surface area contributed by atoms with Gasteiger partial charge in [0.1, 0.15) is 6.79 Å². The van der Waals surface area contributed by atoms with Crippen LogP contribution in [0.3, 0.4) is 0 Å². The van der Waals surface area contributed by atoms with Gasteiger partial charge in [0.25, 0.3) is 0 Å². The second-order valence-corrected chi connectivity index (χ2v) is 6.36. The molecule has 0 aliphatic heterocycles. The molecule has 142 valence electrons. The van der Waals surface area contributed by atoms with E-state index >= 15 is 0 Å². The highest BCUT2D eigenvalue weighted by Crippen LogP contribution is 2.14. The van der Waals surface area contributed by atoms with Crippen molar-refractivity contribution < 1.29 is 14.2 Å². The highest BCUT2D eigenvalue weighted by Gasteiger charge is 2.08. The molecule has 0 heterocycles. The Morgan fingerprint density at radius 3 is 2.21 bits per heavy atom. The van der Waals surface area contributed by atoms with Crippen LogP contribution in [-0.4, -0.2) is 33.2 Å². The van der Waals surface area contributed by atoms with Gasteiger partial charge in [0, 0.05) is 20.0 Å². The normalized spacial score (nSPS) is 12.0. The standard InChI is InChI=1S/C21H40O3/c1-4-6-8-10-12-14-16-21(24-20-23-19-18-22-3)17-15-13-11-9-7-5-2/h21H,4-10,12,14-20H2,1-3H3/t21-/m0/s1. The number of methoxy groups -OCH3 is 1. The van der Waals surface area contributed by atoms with Crippen molar-refractivity contribution in [2.75, 3.05) is 27.1 Å². The lowest BCUT2D eigenvalue weighted by Crippen LogP contribution is -2.16. The predicted octanol–water partition coefficient (Wildman–Crippen LogP) is 5.72. The average molecular weight is 341 g/mol. The van der Waals surface area contributed by atoms with Gasteiger partial charge < -0.3 is 14.2 Å². The predicted molar refractivity (Wildman–Crippen MR) is 102 cm³/mol. The van der Waals surface area contributed by atoms with E-state index in [0.29, 0.717) is 20.0 Å². The molecule has 0 aromatic heterocycles. The van der Waals surface area contributed by atoms with Crippen LogP contribution in [0.5, 0.6) is 0 Å². The van der Waals surface area contributed by atoms with Crippen LogP contribution in [0.25, 0.3) is 0 Å². The molecule has 0 fully saturated rings. The molecule has 1 atom stereocenters. The maximum atomic E-state index is 5.90. The molecule has 0 aromatic rings. The number of unbranched alkanes of at least 4 members (excludes halogenated alkanes) is 7. The Balaban J connectivity index is 3.87. The van der Waals surface area contributed by atoms with Crippen molar-refractivity contribution in [1.82, 2.24) is 0 Å². The fourth-order valence-corrected chi connectivity index (χ4v) is 2.48. The molecule has 0 spiro atoms. The van der Waals surface area contributed by atoms with E-state index in [1.54, 1.807) is 7.11 Å². The Morgan fingerprint density at radius 1 is 0.750 bits per heavy atom. The molecule has 3 nitrogen and oxygen atoms in total. The van der Waals surface area contributed by atoms with Gasteiger partial charge in [-0.1, -0.05) is 58.8 Å². The van der Waals surface area contributed by atoms with Gasteiger partial charge in [0.15, 0.2) is 0 Å². The highest BCUT2D eigenvalue weighted by atomic mass is 16.7. The largest absolute Gasteiger partial charge is 0.382 e. The first kappa shape index (κ1) is 23.4. The van der Waals surface area contributed by atoms with Gasteiger partial charge in [0.2, 0.25) is 0 Å². The van der Waals surface area contributed by atoms with Crippen LogP contribution >= 0.6 is 0 Å². The maximum absolute atomic E-state index is 5.90. The summed E-state index contributed by atoms with van der Waals surface area (Å²) in [4.78, 5) is 0. The Morgan fingerprint density at radius 2 is 1.46 bits per heavy atom. The lowest BCUT2D eigenvalue weighted by molar-refractivity contribution is -0.101. The van der Waals surface area contributed by atoms with Gasteiger partial charge in [0.05, 0.1) is 19.3 Å². The minimum absolute atomic E-state index is 0.277. The summed E-state index contributed by atoms with van der Waals surface area (Å²) >= 11 is 0. The van der Waals surface area contributed by atoms with Crippen molar-refractivity contribution in [1.29, 1.82) is 0 Å². The van der Waals surface area contributed by atoms with Crippen LogP contribution in [0.1, 0.15) is 90.9 Å². The molecule has 0 amide bonds. The van der Waals surface area contributed by atoms with Crippen molar-refractivity contribution in [3.63, 3.8) is 0 Å².